The second-order valence-electron chi connectivity index (χ2n) is 6.53. The Morgan fingerprint density at radius 2 is 1.93 bits per heavy atom. The Balaban J connectivity index is 1.66. The van der Waals surface area contributed by atoms with Gasteiger partial charge in [0.1, 0.15) is 0 Å². The Bertz CT molecular complexity index is 840. The van der Waals surface area contributed by atoms with E-state index >= 15 is 0 Å². The molecular weight excluding hydrogens is 334 g/mol. The average molecular weight is 361 g/mol. The van der Waals surface area contributed by atoms with E-state index in [2.05, 4.69) is 82.6 Å². The number of nitrogens with zero attached hydrogens (tertiary/aromatic N) is 3. The molecule has 5 heteroatoms. The molecule has 0 aliphatic carbocycles. The van der Waals surface area contributed by atoms with Crippen molar-refractivity contribution >= 4 is 5.96 Å². The lowest BCUT2D eigenvalue weighted by Crippen LogP contribution is -2.38. The first kappa shape index (κ1) is 18.7. The lowest BCUT2D eigenvalue weighted by molar-refractivity contribution is 0.686. The van der Waals surface area contributed by atoms with Gasteiger partial charge in [0.25, 0.3) is 0 Å². The molecule has 0 saturated heterocycles. The maximum absolute atomic E-state index is 4.76. The molecule has 0 radical (unpaired) electrons. The predicted octanol–water partition coefficient (Wildman–Crippen LogP) is 3.75. The van der Waals surface area contributed by atoms with Crippen LogP contribution >= 0.6 is 0 Å². The van der Waals surface area contributed by atoms with E-state index in [1.165, 1.54) is 16.7 Å². The summed E-state index contributed by atoms with van der Waals surface area (Å²) in [5.74, 6) is 0.828. The topological polar surface area (TPSA) is 54.2 Å². The molecule has 2 N–H and O–H groups in total. The van der Waals surface area contributed by atoms with Crippen LogP contribution in [-0.2, 0) is 13.1 Å². The molecule has 140 valence electrons. The highest BCUT2D eigenvalue weighted by Crippen LogP contribution is 2.12. The van der Waals surface area contributed by atoms with Crippen molar-refractivity contribution in [3.05, 3.63) is 90.0 Å². The van der Waals surface area contributed by atoms with E-state index in [-0.39, 0.29) is 6.04 Å². The molecule has 0 saturated carbocycles. The number of imidazole rings is 1. The minimum Gasteiger partial charge on any atom is -0.357 e. The van der Waals surface area contributed by atoms with Crippen LogP contribution in [0.25, 0.3) is 0 Å². The molecule has 3 aromatic rings. The summed E-state index contributed by atoms with van der Waals surface area (Å²) in [7, 11) is 0. The minimum absolute atomic E-state index is 0.191. The maximum Gasteiger partial charge on any atom is 0.192 e. The minimum atomic E-state index is 0.191. The highest BCUT2D eigenvalue weighted by Gasteiger charge is 2.07. The fraction of sp³-hybridized carbons (Fsp3) is 0.273. The smallest absolute Gasteiger partial charge is 0.192 e. The molecule has 0 amide bonds. The van der Waals surface area contributed by atoms with Gasteiger partial charge in [0.05, 0.1) is 18.9 Å². The summed E-state index contributed by atoms with van der Waals surface area (Å²) >= 11 is 0. The van der Waals surface area contributed by atoms with Crippen LogP contribution in [0.5, 0.6) is 0 Å². The van der Waals surface area contributed by atoms with Gasteiger partial charge < -0.3 is 15.2 Å². The van der Waals surface area contributed by atoms with Crippen LogP contribution < -0.4 is 10.6 Å². The number of aromatic nitrogens is 2. The first-order chi connectivity index (χ1) is 13.2. The number of guanidine groups is 1. The Labute approximate surface area is 161 Å². The summed E-state index contributed by atoms with van der Waals surface area (Å²) in [6, 6.07) is 19.1. The van der Waals surface area contributed by atoms with Crippen LogP contribution in [0.1, 0.15) is 36.6 Å². The lowest BCUT2D eigenvalue weighted by Gasteiger charge is -2.18. The van der Waals surface area contributed by atoms with E-state index in [1.54, 1.807) is 6.20 Å². The van der Waals surface area contributed by atoms with Gasteiger partial charge in [-0.2, -0.15) is 0 Å². The number of hydrogen-bond acceptors (Lipinski definition) is 2. The number of nitrogens with one attached hydrogen (secondary N) is 2. The van der Waals surface area contributed by atoms with Gasteiger partial charge in [-0.3, -0.25) is 0 Å². The summed E-state index contributed by atoms with van der Waals surface area (Å²) < 4.78 is 2.07. The van der Waals surface area contributed by atoms with Crippen molar-refractivity contribution in [1.82, 2.24) is 20.2 Å². The van der Waals surface area contributed by atoms with Crippen molar-refractivity contribution in [2.45, 2.75) is 33.0 Å². The molecule has 0 bridgehead atoms. The van der Waals surface area contributed by atoms with E-state index in [0.29, 0.717) is 6.54 Å². The Hall–Kier alpha value is -3.08. The van der Waals surface area contributed by atoms with E-state index < -0.39 is 0 Å². The molecule has 1 aromatic heterocycles. The number of benzene rings is 2. The fourth-order valence-corrected chi connectivity index (χ4v) is 2.94. The lowest BCUT2D eigenvalue weighted by atomic mass is 10.1. The summed E-state index contributed by atoms with van der Waals surface area (Å²) in [4.78, 5) is 8.86. The van der Waals surface area contributed by atoms with Crippen molar-refractivity contribution in [3.8, 4) is 0 Å². The molecule has 1 atom stereocenters. The van der Waals surface area contributed by atoms with Crippen molar-refractivity contribution in [3.63, 3.8) is 0 Å². The highest BCUT2D eigenvalue weighted by molar-refractivity contribution is 5.80. The fourth-order valence-electron chi connectivity index (χ4n) is 2.94. The van der Waals surface area contributed by atoms with Crippen LogP contribution in [0.15, 0.2) is 78.3 Å². The Kier molecular flexibility index (Phi) is 6.63. The van der Waals surface area contributed by atoms with Gasteiger partial charge in [0.2, 0.25) is 0 Å². The first-order valence-corrected chi connectivity index (χ1v) is 9.38. The third-order valence-electron chi connectivity index (χ3n) is 4.33. The number of aliphatic imine (C=N–C) groups is 1. The normalized spacial score (nSPS) is 12.6. The number of hydrogen-bond donors (Lipinski definition) is 2. The van der Waals surface area contributed by atoms with Crippen molar-refractivity contribution in [2.75, 3.05) is 6.54 Å². The van der Waals surface area contributed by atoms with Crippen LogP contribution in [0.3, 0.4) is 0 Å². The molecule has 3 rings (SSSR count). The van der Waals surface area contributed by atoms with E-state index in [0.717, 1.165) is 19.0 Å². The quantitative estimate of drug-likeness (QED) is 0.498. The number of rotatable bonds is 7. The molecule has 0 spiro atoms. The van der Waals surface area contributed by atoms with Gasteiger partial charge in [-0.25, -0.2) is 9.98 Å². The second kappa shape index (κ2) is 9.57. The van der Waals surface area contributed by atoms with Crippen molar-refractivity contribution in [2.24, 2.45) is 4.99 Å². The van der Waals surface area contributed by atoms with Gasteiger partial charge in [-0.1, -0.05) is 54.6 Å². The Morgan fingerprint density at radius 1 is 1.11 bits per heavy atom. The molecule has 0 fully saturated rings. The standard InChI is InChI=1S/C22H27N5/c1-3-24-22(26-18(2)21-10-5-4-6-11-21)25-15-19-8-7-9-20(14-19)16-27-13-12-23-17-27/h4-14,17-18H,3,15-16H2,1-2H3,(H2,24,25,26). The van der Waals surface area contributed by atoms with Crippen LogP contribution in [0.4, 0.5) is 0 Å². The SMILES string of the molecule is CCNC(=NCc1cccc(Cn2ccnc2)c1)NC(C)c1ccccc1. The molecule has 5 nitrogen and oxygen atoms in total. The van der Waals surface area contributed by atoms with Gasteiger partial charge in [-0.05, 0) is 30.5 Å². The maximum atomic E-state index is 4.76. The zero-order chi connectivity index (χ0) is 18.9. The molecule has 2 aromatic carbocycles. The Morgan fingerprint density at radius 3 is 2.67 bits per heavy atom. The molecular formula is C22H27N5. The summed E-state index contributed by atoms with van der Waals surface area (Å²) in [5, 5.41) is 6.81. The molecule has 0 aliphatic rings. The highest BCUT2D eigenvalue weighted by atomic mass is 15.2. The largest absolute Gasteiger partial charge is 0.357 e. The predicted molar refractivity (Wildman–Crippen MR) is 111 cm³/mol. The van der Waals surface area contributed by atoms with E-state index in [4.69, 9.17) is 4.99 Å². The summed E-state index contributed by atoms with van der Waals surface area (Å²) in [6.07, 6.45) is 5.61. The van der Waals surface area contributed by atoms with Crippen LogP contribution in [-0.4, -0.2) is 22.1 Å². The molecule has 1 heterocycles. The monoisotopic (exact) mass is 361 g/mol. The van der Waals surface area contributed by atoms with Crippen molar-refractivity contribution < 1.29 is 0 Å². The van der Waals surface area contributed by atoms with Gasteiger partial charge in [-0.15, -0.1) is 0 Å². The van der Waals surface area contributed by atoms with E-state index in [9.17, 15) is 0 Å². The zero-order valence-corrected chi connectivity index (χ0v) is 16.0. The van der Waals surface area contributed by atoms with E-state index in [1.807, 2.05) is 18.6 Å². The second-order valence-corrected chi connectivity index (χ2v) is 6.53. The third-order valence-corrected chi connectivity index (χ3v) is 4.33. The van der Waals surface area contributed by atoms with Crippen molar-refractivity contribution in [1.29, 1.82) is 0 Å². The van der Waals surface area contributed by atoms with Gasteiger partial charge in [0, 0.05) is 25.5 Å². The third kappa shape index (κ3) is 5.71. The molecule has 27 heavy (non-hydrogen) atoms. The average Bonchev–Trinajstić information content (AvgIpc) is 3.20. The molecule has 1 unspecified atom stereocenters. The zero-order valence-electron chi connectivity index (χ0n) is 16.0. The summed E-state index contributed by atoms with van der Waals surface area (Å²) in [6.45, 7) is 6.51. The summed E-state index contributed by atoms with van der Waals surface area (Å²) in [5.41, 5.74) is 3.68. The van der Waals surface area contributed by atoms with Crippen LogP contribution in [0, 0.1) is 0 Å². The van der Waals surface area contributed by atoms with Gasteiger partial charge >= 0.3 is 0 Å². The molecule has 0 aliphatic heterocycles. The van der Waals surface area contributed by atoms with Crippen LogP contribution in [0.2, 0.25) is 0 Å². The first-order valence-electron chi connectivity index (χ1n) is 9.38. The van der Waals surface area contributed by atoms with Gasteiger partial charge in [0.15, 0.2) is 5.96 Å².